The molecule has 2 heterocycles. The van der Waals surface area contributed by atoms with E-state index in [0.29, 0.717) is 6.04 Å². The van der Waals surface area contributed by atoms with Crippen molar-refractivity contribution >= 4 is 5.95 Å². The number of rotatable bonds is 2. The van der Waals surface area contributed by atoms with E-state index in [4.69, 9.17) is 4.98 Å². The van der Waals surface area contributed by atoms with Crippen LogP contribution in [0.1, 0.15) is 12.6 Å². The number of hydrogen-bond acceptors (Lipinski definition) is 3. The van der Waals surface area contributed by atoms with E-state index in [1.807, 2.05) is 6.07 Å². The first-order chi connectivity index (χ1) is 9.24. The largest absolute Gasteiger partial charge is 0.339 e. The predicted molar refractivity (Wildman–Crippen MR) is 78.0 cm³/mol. The van der Waals surface area contributed by atoms with E-state index in [9.17, 15) is 0 Å². The number of hydrogen-bond donors (Lipinski definition) is 1. The normalized spacial score (nSPS) is 19.7. The quantitative estimate of drug-likeness (QED) is 0.892. The number of para-hydroxylation sites is 1. The molecular formula is C15H20N4. The fraction of sp³-hybridized carbons (Fsp3) is 0.400. The minimum atomic E-state index is 0.509. The summed E-state index contributed by atoms with van der Waals surface area (Å²) in [6.45, 7) is 7.29. The van der Waals surface area contributed by atoms with Gasteiger partial charge in [-0.05, 0) is 26.0 Å². The van der Waals surface area contributed by atoms with Gasteiger partial charge in [0.15, 0.2) is 0 Å². The molecule has 1 saturated heterocycles. The Kier molecular flexibility index (Phi) is 3.25. The first-order valence-electron chi connectivity index (χ1n) is 6.84. The Bertz CT molecular complexity index is 547. The molecule has 19 heavy (non-hydrogen) atoms. The van der Waals surface area contributed by atoms with Crippen LogP contribution < -0.4 is 10.2 Å². The van der Waals surface area contributed by atoms with Crippen molar-refractivity contribution in [1.82, 2.24) is 14.9 Å². The molecule has 100 valence electrons. The highest BCUT2D eigenvalue weighted by Crippen LogP contribution is 2.21. The molecule has 3 rings (SSSR count). The summed E-state index contributed by atoms with van der Waals surface area (Å²) in [7, 11) is 0. The number of aryl methyl sites for hydroxylation is 1. The van der Waals surface area contributed by atoms with Crippen molar-refractivity contribution in [3.8, 4) is 5.69 Å². The molecule has 1 N–H and O–H groups in total. The Morgan fingerprint density at radius 1 is 1.26 bits per heavy atom. The molecule has 0 radical (unpaired) electrons. The molecule has 1 atom stereocenters. The lowest BCUT2D eigenvalue weighted by atomic mass is 10.2. The van der Waals surface area contributed by atoms with E-state index in [2.05, 4.69) is 59.1 Å². The van der Waals surface area contributed by atoms with Gasteiger partial charge in [0.25, 0.3) is 0 Å². The van der Waals surface area contributed by atoms with Gasteiger partial charge in [-0.1, -0.05) is 18.2 Å². The minimum absolute atomic E-state index is 0.509. The zero-order valence-electron chi connectivity index (χ0n) is 11.5. The van der Waals surface area contributed by atoms with Crippen molar-refractivity contribution in [2.45, 2.75) is 19.9 Å². The summed E-state index contributed by atoms with van der Waals surface area (Å²) in [6.07, 6.45) is 2.11. The van der Waals surface area contributed by atoms with Crippen LogP contribution in [0.15, 0.2) is 36.5 Å². The second-order valence-electron chi connectivity index (χ2n) is 5.19. The maximum absolute atomic E-state index is 4.71. The summed E-state index contributed by atoms with van der Waals surface area (Å²) in [5.41, 5.74) is 2.23. The lowest BCUT2D eigenvalue weighted by Crippen LogP contribution is -2.50. The summed E-state index contributed by atoms with van der Waals surface area (Å²) in [4.78, 5) is 7.07. The predicted octanol–water partition coefficient (Wildman–Crippen LogP) is 1.98. The molecule has 0 bridgehead atoms. The number of nitrogens with one attached hydrogen (secondary N) is 1. The van der Waals surface area contributed by atoms with Gasteiger partial charge >= 0.3 is 0 Å². The zero-order chi connectivity index (χ0) is 13.2. The van der Waals surface area contributed by atoms with Crippen LogP contribution in [0.3, 0.4) is 0 Å². The summed E-state index contributed by atoms with van der Waals surface area (Å²) >= 11 is 0. The van der Waals surface area contributed by atoms with Gasteiger partial charge in [0.1, 0.15) is 0 Å². The molecular weight excluding hydrogens is 236 g/mol. The second kappa shape index (κ2) is 5.05. The van der Waals surface area contributed by atoms with Gasteiger partial charge in [0.2, 0.25) is 5.95 Å². The third-order valence-electron chi connectivity index (χ3n) is 3.49. The highest BCUT2D eigenvalue weighted by Gasteiger charge is 2.20. The fourth-order valence-corrected chi connectivity index (χ4v) is 2.60. The van der Waals surface area contributed by atoms with Crippen LogP contribution in [-0.2, 0) is 0 Å². The van der Waals surface area contributed by atoms with Crippen molar-refractivity contribution in [3.05, 3.63) is 42.2 Å². The zero-order valence-corrected chi connectivity index (χ0v) is 11.5. The lowest BCUT2D eigenvalue weighted by Gasteiger charge is -2.32. The van der Waals surface area contributed by atoms with Gasteiger partial charge in [-0.25, -0.2) is 4.98 Å². The Morgan fingerprint density at radius 3 is 2.79 bits per heavy atom. The van der Waals surface area contributed by atoms with Gasteiger partial charge in [-0.2, -0.15) is 0 Å². The average molecular weight is 256 g/mol. The molecule has 4 heteroatoms. The van der Waals surface area contributed by atoms with E-state index in [1.165, 1.54) is 5.69 Å². The Morgan fingerprint density at radius 2 is 2.05 bits per heavy atom. The number of benzene rings is 1. The van der Waals surface area contributed by atoms with Crippen LogP contribution in [0.5, 0.6) is 0 Å². The number of piperazine rings is 1. The summed E-state index contributed by atoms with van der Waals surface area (Å²) in [5.74, 6) is 1.05. The molecule has 0 aliphatic carbocycles. The van der Waals surface area contributed by atoms with Crippen LogP contribution in [0, 0.1) is 6.92 Å². The molecule has 0 amide bonds. The summed E-state index contributed by atoms with van der Waals surface area (Å²) in [5, 5.41) is 3.47. The minimum Gasteiger partial charge on any atom is -0.339 e. The molecule has 2 aromatic rings. The number of imidazole rings is 1. The first-order valence-corrected chi connectivity index (χ1v) is 6.84. The van der Waals surface area contributed by atoms with Gasteiger partial charge in [0, 0.05) is 37.6 Å². The maximum atomic E-state index is 4.71. The van der Waals surface area contributed by atoms with Crippen molar-refractivity contribution in [3.63, 3.8) is 0 Å². The van der Waals surface area contributed by atoms with E-state index < -0.39 is 0 Å². The standard InChI is InChI=1S/C15H20N4/c1-12-10-18(9-8-16-12)15-17-13(2)11-19(15)14-6-4-3-5-7-14/h3-7,11-12,16H,8-10H2,1-2H3. The van der Waals surface area contributed by atoms with Crippen LogP contribution in [0.4, 0.5) is 5.95 Å². The lowest BCUT2D eigenvalue weighted by molar-refractivity contribution is 0.478. The van der Waals surface area contributed by atoms with Crippen LogP contribution >= 0.6 is 0 Å². The summed E-state index contributed by atoms with van der Waals surface area (Å²) < 4.78 is 2.19. The smallest absolute Gasteiger partial charge is 0.210 e. The third kappa shape index (κ3) is 2.49. The Balaban J connectivity index is 1.97. The van der Waals surface area contributed by atoms with E-state index in [0.717, 1.165) is 31.3 Å². The molecule has 1 aromatic heterocycles. The van der Waals surface area contributed by atoms with Crippen LogP contribution in [0.2, 0.25) is 0 Å². The van der Waals surface area contributed by atoms with Crippen LogP contribution in [0.25, 0.3) is 5.69 Å². The summed E-state index contributed by atoms with van der Waals surface area (Å²) in [6, 6.07) is 10.9. The number of nitrogens with zero attached hydrogens (tertiary/aromatic N) is 3. The topological polar surface area (TPSA) is 33.1 Å². The molecule has 4 nitrogen and oxygen atoms in total. The average Bonchev–Trinajstić information content (AvgIpc) is 2.82. The van der Waals surface area contributed by atoms with Gasteiger partial charge in [-0.15, -0.1) is 0 Å². The maximum Gasteiger partial charge on any atom is 0.210 e. The Labute approximate surface area is 114 Å². The van der Waals surface area contributed by atoms with Crippen molar-refractivity contribution < 1.29 is 0 Å². The molecule has 1 unspecified atom stereocenters. The van der Waals surface area contributed by atoms with E-state index >= 15 is 0 Å². The highest BCUT2D eigenvalue weighted by atomic mass is 15.3. The number of aromatic nitrogens is 2. The second-order valence-corrected chi connectivity index (χ2v) is 5.19. The fourth-order valence-electron chi connectivity index (χ4n) is 2.60. The monoisotopic (exact) mass is 256 g/mol. The van der Waals surface area contributed by atoms with E-state index in [-0.39, 0.29) is 0 Å². The molecule has 0 spiro atoms. The van der Waals surface area contributed by atoms with Crippen molar-refractivity contribution in [2.75, 3.05) is 24.5 Å². The van der Waals surface area contributed by atoms with E-state index in [1.54, 1.807) is 0 Å². The molecule has 1 aromatic carbocycles. The SMILES string of the molecule is Cc1cn(-c2ccccc2)c(N2CCNC(C)C2)n1. The van der Waals surface area contributed by atoms with Crippen molar-refractivity contribution in [2.24, 2.45) is 0 Å². The molecule has 1 fully saturated rings. The van der Waals surface area contributed by atoms with Crippen LogP contribution in [-0.4, -0.2) is 35.2 Å². The third-order valence-corrected chi connectivity index (χ3v) is 3.49. The number of anilines is 1. The molecule has 1 aliphatic heterocycles. The first kappa shape index (κ1) is 12.2. The van der Waals surface area contributed by atoms with Gasteiger partial charge in [0.05, 0.1) is 5.69 Å². The molecule has 1 aliphatic rings. The highest BCUT2D eigenvalue weighted by molar-refractivity contribution is 5.45. The van der Waals surface area contributed by atoms with Gasteiger partial charge in [-0.3, -0.25) is 4.57 Å². The Hall–Kier alpha value is -1.81. The van der Waals surface area contributed by atoms with Crippen molar-refractivity contribution in [1.29, 1.82) is 0 Å². The molecule has 0 saturated carbocycles. The van der Waals surface area contributed by atoms with Gasteiger partial charge < -0.3 is 10.2 Å².